The third kappa shape index (κ3) is 2.18. The van der Waals surface area contributed by atoms with E-state index in [-0.39, 0.29) is 11.5 Å². The Balaban J connectivity index is 2.35. The van der Waals surface area contributed by atoms with Crippen LogP contribution in [-0.2, 0) is 15.4 Å². The van der Waals surface area contributed by atoms with Crippen LogP contribution in [0.4, 0.5) is 0 Å². The smallest absolute Gasteiger partial charge is 0.153 e. The van der Waals surface area contributed by atoms with Crippen molar-refractivity contribution < 1.29 is 13.5 Å². The van der Waals surface area contributed by atoms with Crippen LogP contribution in [-0.4, -0.2) is 30.0 Å². The molecule has 1 fully saturated rings. The topological polar surface area (TPSA) is 67.3 Å². The second-order valence-electron chi connectivity index (χ2n) is 3.94. The minimum Gasteiger partial charge on any atom is -0.382 e. The van der Waals surface area contributed by atoms with Gasteiger partial charge < -0.3 is 5.11 Å². The van der Waals surface area contributed by atoms with Crippen molar-refractivity contribution in [3.63, 3.8) is 0 Å². The lowest BCUT2D eigenvalue weighted by Crippen LogP contribution is -2.40. The normalized spacial score (nSPS) is 29.9. The van der Waals surface area contributed by atoms with E-state index in [0.29, 0.717) is 18.5 Å². The number of hydrogen-bond acceptors (Lipinski definition) is 4. The first-order valence-electron chi connectivity index (χ1n) is 4.86. The lowest BCUT2D eigenvalue weighted by molar-refractivity contribution is 0.0423. The summed E-state index contributed by atoms with van der Waals surface area (Å²) in [5, 5.41) is 10.2. The predicted octanol–water partition coefficient (Wildman–Crippen LogP) is 0.478. The second kappa shape index (κ2) is 3.57. The van der Waals surface area contributed by atoms with Gasteiger partial charge in [0.1, 0.15) is 5.60 Å². The van der Waals surface area contributed by atoms with Gasteiger partial charge in [-0.05, 0) is 25.0 Å². The summed E-state index contributed by atoms with van der Waals surface area (Å²) < 4.78 is 22.9. The number of aromatic nitrogens is 1. The largest absolute Gasteiger partial charge is 0.382 e. The predicted molar refractivity (Wildman–Crippen MR) is 56.0 cm³/mol. The molecule has 1 aliphatic heterocycles. The fourth-order valence-corrected chi connectivity index (χ4v) is 3.68. The van der Waals surface area contributed by atoms with Crippen molar-refractivity contribution in [1.29, 1.82) is 0 Å². The third-order valence-corrected chi connectivity index (χ3v) is 4.47. The van der Waals surface area contributed by atoms with E-state index in [1.54, 1.807) is 24.4 Å². The number of rotatable bonds is 1. The van der Waals surface area contributed by atoms with Crippen LogP contribution in [0.5, 0.6) is 0 Å². The van der Waals surface area contributed by atoms with Crippen molar-refractivity contribution in [2.24, 2.45) is 0 Å². The molecule has 2 heterocycles. The van der Waals surface area contributed by atoms with Crippen LogP contribution in [0.3, 0.4) is 0 Å². The fraction of sp³-hybridized carbons (Fsp3) is 0.500. The first-order valence-corrected chi connectivity index (χ1v) is 6.68. The lowest BCUT2D eigenvalue weighted by Gasteiger charge is -2.30. The molecule has 0 amide bonds. The van der Waals surface area contributed by atoms with Gasteiger partial charge in [0, 0.05) is 6.20 Å². The first kappa shape index (κ1) is 10.6. The van der Waals surface area contributed by atoms with E-state index >= 15 is 0 Å². The maximum Gasteiger partial charge on any atom is 0.153 e. The Hall–Kier alpha value is -0.940. The number of pyridine rings is 1. The molecule has 0 radical (unpaired) electrons. The average molecular weight is 227 g/mol. The van der Waals surface area contributed by atoms with Gasteiger partial charge in [-0.15, -0.1) is 0 Å². The average Bonchev–Trinajstić information content (AvgIpc) is 2.17. The molecule has 82 valence electrons. The van der Waals surface area contributed by atoms with Gasteiger partial charge in [0.15, 0.2) is 9.84 Å². The van der Waals surface area contributed by atoms with Crippen molar-refractivity contribution in [1.82, 2.24) is 4.98 Å². The van der Waals surface area contributed by atoms with E-state index < -0.39 is 15.4 Å². The zero-order chi connectivity index (χ0) is 10.9. The number of aliphatic hydroxyl groups is 1. The van der Waals surface area contributed by atoms with Crippen molar-refractivity contribution >= 4 is 9.84 Å². The van der Waals surface area contributed by atoms with Gasteiger partial charge in [0.2, 0.25) is 0 Å². The Morgan fingerprint density at radius 2 is 2.20 bits per heavy atom. The first-order chi connectivity index (χ1) is 7.02. The molecule has 1 saturated heterocycles. The van der Waals surface area contributed by atoms with E-state index in [4.69, 9.17) is 0 Å². The lowest BCUT2D eigenvalue weighted by atomic mass is 9.95. The minimum absolute atomic E-state index is 0.169. The van der Waals surface area contributed by atoms with Gasteiger partial charge in [0.25, 0.3) is 0 Å². The summed E-state index contributed by atoms with van der Waals surface area (Å²) in [5.41, 5.74) is -0.841. The molecule has 0 aliphatic carbocycles. The van der Waals surface area contributed by atoms with E-state index in [0.717, 1.165) is 0 Å². The van der Waals surface area contributed by atoms with Gasteiger partial charge in [-0.2, -0.15) is 0 Å². The van der Waals surface area contributed by atoms with E-state index in [1.807, 2.05) is 0 Å². The molecule has 0 saturated carbocycles. The molecular formula is C10H13NO3S. The Kier molecular flexibility index (Phi) is 2.52. The van der Waals surface area contributed by atoms with E-state index in [1.165, 1.54) is 0 Å². The second-order valence-corrected chi connectivity index (χ2v) is 6.13. The highest BCUT2D eigenvalue weighted by atomic mass is 32.2. The van der Waals surface area contributed by atoms with Gasteiger partial charge in [-0.25, -0.2) is 8.42 Å². The quantitative estimate of drug-likeness (QED) is 0.757. The Bertz CT molecular complexity index is 443. The van der Waals surface area contributed by atoms with Gasteiger partial charge in [0.05, 0.1) is 17.2 Å². The van der Waals surface area contributed by atoms with Crippen LogP contribution in [0.2, 0.25) is 0 Å². The van der Waals surface area contributed by atoms with Crippen LogP contribution in [0.15, 0.2) is 24.4 Å². The van der Waals surface area contributed by atoms with Crippen LogP contribution in [0, 0.1) is 0 Å². The standard InChI is InChI=1S/C10H13NO3S/c12-10(9-4-1-2-6-11-9)5-3-7-15(13,14)8-10/h1-2,4,6,12H,3,5,7-8H2. The molecule has 1 N–H and O–H groups in total. The minimum atomic E-state index is -3.13. The number of hydrogen-bond donors (Lipinski definition) is 1. The summed E-state index contributed by atoms with van der Waals surface area (Å²) in [6, 6.07) is 5.16. The molecule has 1 aromatic rings. The van der Waals surface area contributed by atoms with Crippen molar-refractivity contribution in [2.45, 2.75) is 18.4 Å². The molecule has 0 aromatic carbocycles. The van der Waals surface area contributed by atoms with Crippen LogP contribution >= 0.6 is 0 Å². The summed E-state index contributed by atoms with van der Waals surface area (Å²) in [6.45, 7) is 0. The zero-order valence-corrected chi connectivity index (χ0v) is 9.07. The molecule has 4 nitrogen and oxygen atoms in total. The molecule has 1 unspecified atom stereocenters. The highest BCUT2D eigenvalue weighted by Gasteiger charge is 2.39. The summed E-state index contributed by atoms with van der Waals surface area (Å²) in [6.07, 6.45) is 2.52. The van der Waals surface area contributed by atoms with Crippen molar-refractivity contribution in [3.05, 3.63) is 30.1 Å². The molecular weight excluding hydrogens is 214 g/mol. The Labute approximate surface area is 88.9 Å². The zero-order valence-electron chi connectivity index (χ0n) is 8.26. The fourth-order valence-electron chi connectivity index (χ4n) is 1.93. The van der Waals surface area contributed by atoms with Crippen LogP contribution in [0.25, 0.3) is 0 Å². The van der Waals surface area contributed by atoms with E-state index in [2.05, 4.69) is 4.98 Å². The number of sulfone groups is 1. The van der Waals surface area contributed by atoms with E-state index in [9.17, 15) is 13.5 Å². The number of nitrogens with zero attached hydrogens (tertiary/aromatic N) is 1. The molecule has 1 atom stereocenters. The Morgan fingerprint density at radius 1 is 1.40 bits per heavy atom. The summed E-state index contributed by atoms with van der Waals surface area (Å²) in [4.78, 5) is 4.03. The van der Waals surface area contributed by atoms with Gasteiger partial charge in [-0.3, -0.25) is 4.98 Å². The van der Waals surface area contributed by atoms with Crippen LogP contribution < -0.4 is 0 Å². The SMILES string of the molecule is O=S1(=O)CCCC(O)(c2ccccn2)C1. The summed E-state index contributed by atoms with van der Waals surface area (Å²) in [7, 11) is -3.13. The molecule has 1 aromatic heterocycles. The summed E-state index contributed by atoms with van der Waals surface area (Å²) >= 11 is 0. The monoisotopic (exact) mass is 227 g/mol. The maximum atomic E-state index is 11.5. The molecule has 1 aliphatic rings. The maximum absolute atomic E-state index is 11.5. The van der Waals surface area contributed by atoms with Gasteiger partial charge in [-0.1, -0.05) is 6.07 Å². The van der Waals surface area contributed by atoms with Crippen LogP contribution in [0.1, 0.15) is 18.5 Å². The molecule has 15 heavy (non-hydrogen) atoms. The molecule has 5 heteroatoms. The molecule has 0 spiro atoms. The summed E-state index contributed by atoms with van der Waals surface area (Å²) in [5.74, 6) is -0.0425. The molecule has 0 bridgehead atoms. The van der Waals surface area contributed by atoms with Crippen molar-refractivity contribution in [3.8, 4) is 0 Å². The Morgan fingerprint density at radius 3 is 2.80 bits per heavy atom. The highest BCUT2D eigenvalue weighted by Crippen LogP contribution is 2.31. The highest BCUT2D eigenvalue weighted by molar-refractivity contribution is 7.91. The molecule has 2 rings (SSSR count). The third-order valence-electron chi connectivity index (χ3n) is 2.65. The van der Waals surface area contributed by atoms with Gasteiger partial charge >= 0.3 is 0 Å². The van der Waals surface area contributed by atoms with Crippen molar-refractivity contribution in [2.75, 3.05) is 11.5 Å².